The van der Waals surface area contributed by atoms with Crippen molar-refractivity contribution < 1.29 is 19.4 Å². The van der Waals surface area contributed by atoms with Crippen molar-refractivity contribution in [3.63, 3.8) is 0 Å². The molecule has 2 atom stereocenters. The van der Waals surface area contributed by atoms with Crippen molar-refractivity contribution in [3.05, 3.63) is 0 Å². The van der Waals surface area contributed by atoms with Crippen molar-refractivity contribution in [1.82, 2.24) is 10.2 Å². The Kier molecular flexibility index (Phi) is 4.34. The number of carbonyl (C=O) groups is 2. The Labute approximate surface area is 110 Å². The smallest absolute Gasteiger partial charge is 0.327 e. The number of hydrogen-bond donors (Lipinski definition) is 2. The topological polar surface area (TPSA) is 78.9 Å². The van der Waals surface area contributed by atoms with Crippen LogP contribution in [0.5, 0.6) is 0 Å². The van der Waals surface area contributed by atoms with Crippen LogP contribution >= 0.6 is 11.8 Å². The standard InChI is InChI=1S/C11H18N2O4S/c1-7-13(9(6-18-7)10(14)15)11(16)12-8-2-4-17-5-3-8/h7-9H,2-6H2,1H3,(H,12,16)(H,14,15). The van der Waals surface area contributed by atoms with Gasteiger partial charge in [0.1, 0.15) is 6.04 Å². The maximum absolute atomic E-state index is 12.1. The fourth-order valence-corrected chi connectivity index (χ4v) is 3.40. The summed E-state index contributed by atoms with van der Waals surface area (Å²) in [5.74, 6) is -0.480. The summed E-state index contributed by atoms with van der Waals surface area (Å²) in [6, 6.07) is -0.893. The van der Waals surface area contributed by atoms with Gasteiger partial charge < -0.3 is 15.2 Å². The average molecular weight is 274 g/mol. The van der Waals surface area contributed by atoms with Gasteiger partial charge in [-0.2, -0.15) is 0 Å². The molecule has 0 bridgehead atoms. The number of thioether (sulfide) groups is 1. The predicted molar refractivity (Wildman–Crippen MR) is 67.6 cm³/mol. The van der Waals surface area contributed by atoms with Gasteiger partial charge in [-0.25, -0.2) is 9.59 Å². The first-order valence-corrected chi connectivity index (χ1v) is 7.15. The van der Waals surface area contributed by atoms with Crippen LogP contribution in [0.15, 0.2) is 0 Å². The molecule has 6 nitrogen and oxygen atoms in total. The van der Waals surface area contributed by atoms with Gasteiger partial charge in [0.25, 0.3) is 0 Å². The highest BCUT2D eigenvalue weighted by Gasteiger charge is 2.40. The Hall–Kier alpha value is -0.950. The third kappa shape index (κ3) is 2.89. The summed E-state index contributed by atoms with van der Waals surface area (Å²) < 4.78 is 5.22. The number of nitrogens with zero attached hydrogens (tertiary/aromatic N) is 1. The summed E-state index contributed by atoms with van der Waals surface area (Å²) in [6.07, 6.45) is 1.58. The summed E-state index contributed by atoms with van der Waals surface area (Å²) in [4.78, 5) is 24.7. The van der Waals surface area contributed by atoms with Crippen LogP contribution in [0.25, 0.3) is 0 Å². The lowest BCUT2D eigenvalue weighted by molar-refractivity contribution is -0.141. The molecule has 18 heavy (non-hydrogen) atoms. The van der Waals surface area contributed by atoms with E-state index < -0.39 is 12.0 Å². The second kappa shape index (κ2) is 5.79. The SMILES string of the molecule is CC1SCC(C(=O)O)N1C(=O)NC1CCOCC1. The summed E-state index contributed by atoms with van der Waals surface area (Å²) in [5, 5.41) is 11.9. The molecule has 2 heterocycles. The highest BCUT2D eigenvalue weighted by atomic mass is 32.2. The third-order valence-electron chi connectivity index (χ3n) is 3.29. The second-order valence-corrected chi connectivity index (χ2v) is 5.88. The Bertz CT molecular complexity index is 333. The van der Waals surface area contributed by atoms with E-state index in [1.54, 1.807) is 0 Å². The summed E-state index contributed by atoms with van der Waals surface area (Å²) in [6.45, 7) is 3.16. The monoisotopic (exact) mass is 274 g/mol. The number of urea groups is 1. The molecule has 0 radical (unpaired) electrons. The van der Waals surface area contributed by atoms with Gasteiger partial charge in [0.15, 0.2) is 0 Å². The van der Waals surface area contributed by atoms with Gasteiger partial charge in [0, 0.05) is 25.0 Å². The molecule has 0 saturated carbocycles. The molecule has 2 rings (SSSR count). The Morgan fingerprint density at radius 3 is 2.67 bits per heavy atom. The summed E-state index contributed by atoms with van der Waals surface area (Å²) in [7, 11) is 0. The van der Waals surface area contributed by atoms with E-state index in [0.717, 1.165) is 12.8 Å². The molecule has 0 spiro atoms. The van der Waals surface area contributed by atoms with Crippen LogP contribution < -0.4 is 5.32 Å². The first-order valence-electron chi connectivity index (χ1n) is 6.10. The molecule has 2 fully saturated rings. The molecule has 2 saturated heterocycles. The number of carboxylic acid groups (broad SMARTS) is 1. The minimum atomic E-state index is -0.936. The number of amides is 2. The van der Waals surface area contributed by atoms with Crippen molar-refractivity contribution in [2.24, 2.45) is 0 Å². The lowest BCUT2D eigenvalue weighted by Crippen LogP contribution is -2.52. The third-order valence-corrected chi connectivity index (χ3v) is 4.51. The molecule has 2 amide bonds. The minimum absolute atomic E-state index is 0.0917. The van der Waals surface area contributed by atoms with Gasteiger partial charge in [0.05, 0.1) is 5.37 Å². The van der Waals surface area contributed by atoms with Gasteiger partial charge in [-0.3, -0.25) is 4.90 Å². The highest BCUT2D eigenvalue weighted by molar-refractivity contribution is 8.00. The number of carboxylic acids is 1. The Morgan fingerprint density at radius 1 is 1.39 bits per heavy atom. The molecule has 2 N–H and O–H groups in total. The van der Waals surface area contributed by atoms with Crippen molar-refractivity contribution >= 4 is 23.8 Å². The lowest BCUT2D eigenvalue weighted by Gasteiger charge is -2.29. The predicted octanol–water partition coefficient (Wildman–Crippen LogP) is 0.723. The van der Waals surface area contributed by atoms with Crippen LogP contribution in [0, 0.1) is 0 Å². The van der Waals surface area contributed by atoms with Gasteiger partial charge in [0.2, 0.25) is 0 Å². The van der Waals surface area contributed by atoms with Gasteiger partial charge >= 0.3 is 12.0 Å². The van der Waals surface area contributed by atoms with E-state index in [1.807, 2.05) is 6.92 Å². The van der Waals surface area contributed by atoms with Crippen molar-refractivity contribution in [2.45, 2.75) is 37.2 Å². The molecule has 2 aliphatic rings. The molecule has 102 valence electrons. The van der Waals surface area contributed by atoms with Crippen LogP contribution in [-0.2, 0) is 9.53 Å². The Morgan fingerprint density at radius 2 is 2.06 bits per heavy atom. The fraction of sp³-hybridized carbons (Fsp3) is 0.818. The van der Waals surface area contributed by atoms with Gasteiger partial charge in [-0.05, 0) is 19.8 Å². The second-order valence-electron chi connectivity index (χ2n) is 4.53. The maximum atomic E-state index is 12.1. The van der Waals surface area contributed by atoms with E-state index in [0.29, 0.717) is 19.0 Å². The quantitative estimate of drug-likeness (QED) is 0.776. The van der Waals surface area contributed by atoms with E-state index in [1.165, 1.54) is 16.7 Å². The number of ether oxygens (including phenoxy) is 1. The molecule has 0 aromatic rings. The number of hydrogen-bond acceptors (Lipinski definition) is 4. The molecule has 7 heteroatoms. The van der Waals surface area contributed by atoms with Gasteiger partial charge in [-0.1, -0.05) is 0 Å². The van der Waals surface area contributed by atoms with Crippen LogP contribution in [0.4, 0.5) is 4.79 Å². The first kappa shape index (κ1) is 13.5. The summed E-state index contributed by atoms with van der Waals surface area (Å²) in [5.41, 5.74) is 0. The number of rotatable bonds is 2. The van der Waals surface area contributed by atoms with E-state index in [-0.39, 0.29) is 17.4 Å². The van der Waals surface area contributed by atoms with Crippen molar-refractivity contribution in [2.75, 3.05) is 19.0 Å². The highest BCUT2D eigenvalue weighted by Crippen LogP contribution is 2.28. The van der Waals surface area contributed by atoms with E-state index in [9.17, 15) is 9.59 Å². The molecule has 2 unspecified atom stereocenters. The lowest BCUT2D eigenvalue weighted by atomic mass is 10.1. The van der Waals surface area contributed by atoms with Crippen LogP contribution in [0.1, 0.15) is 19.8 Å². The fourth-order valence-electron chi connectivity index (χ4n) is 2.23. The first-order chi connectivity index (χ1) is 8.59. The van der Waals surface area contributed by atoms with Crippen molar-refractivity contribution in [1.29, 1.82) is 0 Å². The van der Waals surface area contributed by atoms with Crippen molar-refractivity contribution in [3.8, 4) is 0 Å². The van der Waals surface area contributed by atoms with E-state index >= 15 is 0 Å². The van der Waals surface area contributed by atoms with E-state index in [2.05, 4.69) is 5.32 Å². The molecule has 0 aliphatic carbocycles. The largest absolute Gasteiger partial charge is 0.480 e. The zero-order valence-corrected chi connectivity index (χ0v) is 11.1. The van der Waals surface area contributed by atoms with E-state index in [4.69, 9.17) is 9.84 Å². The zero-order chi connectivity index (χ0) is 13.1. The molecule has 2 aliphatic heterocycles. The average Bonchev–Trinajstić information content (AvgIpc) is 2.72. The Balaban J connectivity index is 1.95. The van der Waals surface area contributed by atoms with Crippen LogP contribution in [0.3, 0.4) is 0 Å². The molecular weight excluding hydrogens is 256 g/mol. The maximum Gasteiger partial charge on any atom is 0.327 e. The van der Waals surface area contributed by atoms with Crippen LogP contribution in [-0.4, -0.2) is 58.4 Å². The molecule has 0 aromatic carbocycles. The molecule has 0 aromatic heterocycles. The zero-order valence-electron chi connectivity index (χ0n) is 10.3. The normalized spacial score (nSPS) is 29.3. The minimum Gasteiger partial charge on any atom is -0.480 e. The molecular formula is C11H18N2O4S. The van der Waals surface area contributed by atoms with Gasteiger partial charge in [-0.15, -0.1) is 11.8 Å². The number of aliphatic carboxylic acids is 1. The van der Waals surface area contributed by atoms with Crippen LogP contribution in [0.2, 0.25) is 0 Å². The number of nitrogens with one attached hydrogen (secondary N) is 1. The summed E-state index contributed by atoms with van der Waals surface area (Å²) >= 11 is 1.49. The number of carbonyl (C=O) groups excluding carboxylic acids is 1.